The highest BCUT2D eigenvalue weighted by Crippen LogP contribution is 2.39. The molecule has 0 saturated heterocycles. The van der Waals surface area contributed by atoms with Crippen molar-refractivity contribution in [1.29, 1.82) is 0 Å². The molecule has 0 unspecified atom stereocenters. The van der Waals surface area contributed by atoms with Crippen molar-refractivity contribution >= 4 is 11.6 Å². The van der Waals surface area contributed by atoms with Crippen molar-refractivity contribution in [2.45, 2.75) is 19.6 Å². The summed E-state index contributed by atoms with van der Waals surface area (Å²) in [5, 5.41) is -0.444. The van der Waals surface area contributed by atoms with E-state index in [4.69, 9.17) is 16.3 Å². The molecule has 1 heterocycles. The molecule has 0 N–H and O–H groups in total. The van der Waals surface area contributed by atoms with Gasteiger partial charge in [-0.2, -0.15) is 13.2 Å². The number of nitrogens with zero attached hydrogens (tertiary/aromatic N) is 1. The first-order valence-electron chi connectivity index (χ1n) is 8.58. The van der Waals surface area contributed by atoms with Crippen molar-refractivity contribution in [2.24, 2.45) is 0 Å². The van der Waals surface area contributed by atoms with Gasteiger partial charge in [-0.25, -0.2) is 0 Å². The molecular formula is C21H17ClF3NO2. The quantitative estimate of drug-likeness (QED) is 0.548. The van der Waals surface area contributed by atoms with E-state index in [1.54, 1.807) is 11.5 Å². The molecule has 28 heavy (non-hydrogen) atoms. The number of ether oxygens (including phenoxy) is 1. The van der Waals surface area contributed by atoms with Gasteiger partial charge in [-0.3, -0.25) is 4.79 Å². The van der Waals surface area contributed by atoms with Crippen molar-refractivity contribution < 1.29 is 17.9 Å². The van der Waals surface area contributed by atoms with Crippen molar-refractivity contribution in [3.05, 3.63) is 87.2 Å². The van der Waals surface area contributed by atoms with Crippen LogP contribution in [-0.4, -0.2) is 11.2 Å². The summed E-state index contributed by atoms with van der Waals surface area (Å²) in [5.41, 5.74) is -0.0344. The lowest BCUT2D eigenvalue weighted by Gasteiger charge is -2.18. The van der Waals surface area contributed by atoms with Crippen LogP contribution in [0.5, 0.6) is 5.75 Å². The summed E-state index contributed by atoms with van der Waals surface area (Å²) in [6, 6.07) is 14.3. The van der Waals surface area contributed by atoms with Gasteiger partial charge in [0, 0.05) is 18.2 Å². The van der Waals surface area contributed by atoms with Crippen LogP contribution in [0.4, 0.5) is 13.2 Å². The van der Waals surface area contributed by atoms with Gasteiger partial charge in [0.2, 0.25) is 5.43 Å². The molecule has 7 heteroatoms. The van der Waals surface area contributed by atoms with Crippen molar-refractivity contribution in [3.8, 4) is 17.0 Å². The summed E-state index contributed by atoms with van der Waals surface area (Å²) in [6.07, 6.45) is -3.09. The lowest BCUT2D eigenvalue weighted by atomic mass is 10.1. The highest BCUT2D eigenvalue weighted by molar-refractivity contribution is 6.34. The van der Waals surface area contributed by atoms with Crippen LogP contribution in [0.25, 0.3) is 11.3 Å². The molecule has 0 amide bonds. The maximum absolute atomic E-state index is 13.3. The maximum atomic E-state index is 13.3. The molecule has 0 aliphatic heterocycles. The molecule has 1 aromatic heterocycles. The van der Waals surface area contributed by atoms with Crippen LogP contribution in [0.2, 0.25) is 5.02 Å². The molecule has 0 aliphatic rings. The molecule has 0 aliphatic carbocycles. The molecule has 0 atom stereocenters. The van der Waals surface area contributed by atoms with Crippen LogP contribution in [0.1, 0.15) is 18.1 Å². The Morgan fingerprint density at radius 2 is 1.79 bits per heavy atom. The molecule has 0 bridgehead atoms. The first kappa shape index (κ1) is 20.0. The van der Waals surface area contributed by atoms with E-state index in [0.717, 1.165) is 11.6 Å². The second-order valence-electron chi connectivity index (χ2n) is 6.10. The van der Waals surface area contributed by atoms with E-state index in [2.05, 4.69) is 0 Å². The first-order valence-corrected chi connectivity index (χ1v) is 8.96. The van der Waals surface area contributed by atoms with E-state index in [1.165, 1.54) is 24.4 Å². The van der Waals surface area contributed by atoms with Crippen LogP contribution in [-0.2, 0) is 12.7 Å². The second-order valence-corrected chi connectivity index (χ2v) is 6.48. The Balaban J connectivity index is 2.20. The molecule has 0 saturated carbocycles. The van der Waals surface area contributed by atoms with E-state index in [-0.39, 0.29) is 17.0 Å². The predicted molar refractivity (Wildman–Crippen MR) is 103 cm³/mol. The van der Waals surface area contributed by atoms with Gasteiger partial charge < -0.3 is 9.30 Å². The zero-order valence-electron chi connectivity index (χ0n) is 15.0. The summed E-state index contributed by atoms with van der Waals surface area (Å²) >= 11 is 6.09. The number of hydrogen-bond acceptors (Lipinski definition) is 2. The number of halogens is 4. The van der Waals surface area contributed by atoms with E-state index in [0.29, 0.717) is 13.2 Å². The van der Waals surface area contributed by atoms with Crippen LogP contribution < -0.4 is 10.2 Å². The molecular weight excluding hydrogens is 391 g/mol. The third-order valence-electron chi connectivity index (χ3n) is 4.17. The molecule has 0 fully saturated rings. The fourth-order valence-corrected chi connectivity index (χ4v) is 3.24. The van der Waals surface area contributed by atoms with Gasteiger partial charge in [-0.15, -0.1) is 0 Å². The smallest absolute Gasteiger partial charge is 0.417 e. The average molecular weight is 408 g/mol. The summed E-state index contributed by atoms with van der Waals surface area (Å²) in [4.78, 5) is 12.4. The van der Waals surface area contributed by atoms with Crippen LogP contribution in [0.3, 0.4) is 0 Å². The van der Waals surface area contributed by atoms with Crippen molar-refractivity contribution in [3.63, 3.8) is 0 Å². The minimum absolute atomic E-state index is 0.130. The standard InChI is InChI=1S/C21H17ClF3NO2/c1-2-28-19-13-26(12-14-7-4-3-5-8-14)17(11-18(19)27)15-9-6-10-16(20(15)22)21(23,24)25/h3-11,13H,2,12H2,1H3. The maximum Gasteiger partial charge on any atom is 0.417 e. The van der Waals surface area contributed by atoms with Gasteiger partial charge in [-0.05, 0) is 18.6 Å². The van der Waals surface area contributed by atoms with E-state index in [9.17, 15) is 18.0 Å². The van der Waals surface area contributed by atoms with Gasteiger partial charge >= 0.3 is 6.18 Å². The summed E-state index contributed by atoms with van der Waals surface area (Å²) in [7, 11) is 0. The predicted octanol–water partition coefficient (Wildman–Crippen LogP) is 5.63. The van der Waals surface area contributed by atoms with Gasteiger partial charge in [0.1, 0.15) is 0 Å². The van der Waals surface area contributed by atoms with Gasteiger partial charge in [-0.1, -0.05) is 54.1 Å². The fraction of sp³-hybridized carbons (Fsp3) is 0.190. The third kappa shape index (κ3) is 4.22. The zero-order valence-corrected chi connectivity index (χ0v) is 15.7. The number of pyridine rings is 1. The molecule has 0 spiro atoms. The number of alkyl halides is 3. The highest BCUT2D eigenvalue weighted by atomic mass is 35.5. The van der Waals surface area contributed by atoms with E-state index >= 15 is 0 Å². The molecule has 0 radical (unpaired) electrons. The van der Waals surface area contributed by atoms with Crippen molar-refractivity contribution in [2.75, 3.05) is 6.61 Å². The van der Waals surface area contributed by atoms with Gasteiger partial charge in [0.25, 0.3) is 0 Å². The number of rotatable bonds is 5. The number of benzene rings is 2. The Kier molecular flexibility index (Phi) is 5.79. The molecule has 3 aromatic rings. The summed E-state index contributed by atoms with van der Waals surface area (Å²) < 4.78 is 46.8. The lowest BCUT2D eigenvalue weighted by Crippen LogP contribution is -2.15. The van der Waals surface area contributed by atoms with Crippen molar-refractivity contribution in [1.82, 2.24) is 4.57 Å². The SMILES string of the molecule is CCOc1cn(Cc2ccccc2)c(-c2cccc(C(F)(F)F)c2Cl)cc1=O. The minimum atomic E-state index is -4.59. The van der Waals surface area contributed by atoms with E-state index in [1.807, 2.05) is 30.3 Å². The monoisotopic (exact) mass is 407 g/mol. The molecule has 146 valence electrons. The van der Waals surface area contributed by atoms with Gasteiger partial charge in [0.05, 0.1) is 29.1 Å². The zero-order chi connectivity index (χ0) is 20.3. The first-order chi connectivity index (χ1) is 13.3. The second kappa shape index (κ2) is 8.10. The van der Waals surface area contributed by atoms with Crippen LogP contribution in [0.15, 0.2) is 65.6 Å². The van der Waals surface area contributed by atoms with Crippen LogP contribution in [0, 0.1) is 0 Å². The normalized spacial score (nSPS) is 11.5. The van der Waals surface area contributed by atoms with Gasteiger partial charge in [0.15, 0.2) is 5.75 Å². The lowest BCUT2D eigenvalue weighted by molar-refractivity contribution is -0.137. The Morgan fingerprint density at radius 1 is 1.07 bits per heavy atom. The Bertz CT molecular complexity index is 1030. The summed E-state index contributed by atoms with van der Waals surface area (Å²) in [5.74, 6) is 0.130. The molecule has 3 rings (SSSR count). The molecule has 2 aromatic carbocycles. The minimum Gasteiger partial charge on any atom is -0.488 e. The number of aromatic nitrogens is 1. The Labute approximate surface area is 165 Å². The summed E-state index contributed by atoms with van der Waals surface area (Å²) in [6.45, 7) is 2.38. The Hall–Kier alpha value is -2.73. The van der Waals surface area contributed by atoms with Crippen LogP contribution >= 0.6 is 11.6 Å². The largest absolute Gasteiger partial charge is 0.488 e. The fourth-order valence-electron chi connectivity index (χ4n) is 2.91. The highest BCUT2D eigenvalue weighted by Gasteiger charge is 2.34. The Morgan fingerprint density at radius 3 is 2.43 bits per heavy atom. The topological polar surface area (TPSA) is 31.2 Å². The average Bonchev–Trinajstić information content (AvgIpc) is 2.65. The van der Waals surface area contributed by atoms with E-state index < -0.39 is 22.2 Å². The third-order valence-corrected chi connectivity index (χ3v) is 4.58. The molecule has 3 nitrogen and oxygen atoms in total. The number of hydrogen-bond donors (Lipinski definition) is 0.